The van der Waals surface area contributed by atoms with Crippen molar-refractivity contribution in [2.24, 2.45) is 5.10 Å². The summed E-state index contributed by atoms with van der Waals surface area (Å²) >= 11 is 0. The fraction of sp³-hybridized carbons (Fsp3) is 0.125. The molecule has 2 rings (SSSR count). The summed E-state index contributed by atoms with van der Waals surface area (Å²) in [5, 5.41) is 3.74. The molecule has 21 heavy (non-hydrogen) atoms. The van der Waals surface area contributed by atoms with Crippen molar-refractivity contribution in [3.63, 3.8) is 0 Å². The van der Waals surface area contributed by atoms with E-state index in [2.05, 4.69) is 10.5 Å². The van der Waals surface area contributed by atoms with Gasteiger partial charge in [0, 0.05) is 11.1 Å². The minimum Gasteiger partial charge on any atom is -0.494 e. The summed E-state index contributed by atoms with van der Waals surface area (Å²) in [4.78, 5) is 11.8. The third-order valence-corrected chi connectivity index (χ3v) is 2.70. The minimum atomic E-state index is -0.392. The van der Waals surface area contributed by atoms with E-state index in [0.717, 1.165) is 0 Å². The van der Waals surface area contributed by atoms with Crippen molar-refractivity contribution in [3.8, 4) is 5.75 Å². The number of halogens is 1. The number of nitrogens with zero attached hydrogens (tertiary/aromatic N) is 1. The smallest absolute Gasteiger partial charge is 0.271 e. The molecule has 2 aromatic carbocycles. The lowest BCUT2D eigenvalue weighted by molar-refractivity contribution is 0.0955. The number of carbonyl (C=O) groups is 1. The highest BCUT2D eigenvalue weighted by Gasteiger charge is 2.04. The molecule has 0 saturated heterocycles. The Morgan fingerprint density at radius 3 is 2.62 bits per heavy atom. The number of hydrogen-bond acceptors (Lipinski definition) is 3. The second-order valence-electron chi connectivity index (χ2n) is 4.18. The number of benzene rings is 2. The highest BCUT2D eigenvalue weighted by atomic mass is 19.1. The maximum absolute atomic E-state index is 13.3. The summed E-state index contributed by atoms with van der Waals surface area (Å²) in [7, 11) is 0. The van der Waals surface area contributed by atoms with Crippen LogP contribution in [0.2, 0.25) is 0 Å². The molecular weight excluding hydrogens is 271 g/mol. The van der Waals surface area contributed by atoms with E-state index in [1.807, 2.05) is 6.92 Å². The van der Waals surface area contributed by atoms with Gasteiger partial charge in [-0.3, -0.25) is 4.79 Å². The van der Waals surface area contributed by atoms with Crippen LogP contribution in [0, 0.1) is 5.82 Å². The van der Waals surface area contributed by atoms with E-state index in [-0.39, 0.29) is 5.91 Å². The highest BCUT2D eigenvalue weighted by molar-refractivity contribution is 5.95. The summed E-state index contributed by atoms with van der Waals surface area (Å²) in [6.07, 6.45) is 1.27. The molecule has 0 unspecified atom stereocenters. The third-order valence-electron chi connectivity index (χ3n) is 2.70. The van der Waals surface area contributed by atoms with Gasteiger partial charge in [-0.25, -0.2) is 9.82 Å². The molecule has 0 radical (unpaired) electrons. The Bertz CT molecular complexity index is 639. The fourth-order valence-electron chi connectivity index (χ4n) is 1.67. The van der Waals surface area contributed by atoms with Crippen LogP contribution < -0.4 is 10.2 Å². The van der Waals surface area contributed by atoms with Crippen LogP contribution in [-0.2, 0) is 0 Å². The maximum atomic E-state index is 13.3. The zero-order valence-corrected chi connectivity index (χ0v) is 11.5. The first-order valence-electron chi connectivity index (χ1n) is 6.51. The number of amides is 1. The summed E-state index contributed by atoms with van der Waals surface area (Å²) in [6.45, 7) is 2.45. The van der Waals surface area contributed by atoms with Gasteiger partial charge in [-0.15, -0.1) is 0 Å². The lowest BCUT2D eigenvalue weighted by atomic mass is 10.2. The number of hydrazone groups is 1. The average molecular weight is 286 g/mol. The van der Waals surface area contributed by atoms with E-state index in [1.165, 1.54) is 12.3 Å². The van der Waals surface area contributed by atoms with Crippen LogP contribution in [0.4, 0.5) is 4.39 Å². The van der Waals surface area contributed by atoms with Gasteiger partial charge >= 0.3 is 0 Å². The molecule has 108 valence electrons. The van der Waals surface area contributed by atoms with Crippen LogP contribution in [0.3, 0.4) is 0 Å². The molecule has 0 atom stereocenters. The van der Waals surface area contributed by atoms with Gasteiger partial charge in [-0.05, 0) is 37.3 Å². The summed E-state index contributed by atoms with van der Waals surface area (Å²) in [6, 6.07) is 12.9. The monoisotopic (exact) mass is 286 g/mol. The first-order valence-corrected chi connectivity index (χ1v) is 6.51. The molecule has 4 nitrogen and oxygen atoms in total. The minimum absolute atomic E-state index is 0.310. The molecule has 2 aromatic rings. The average Bonchev–Trinajstić information content (AvgIpc) is 2.50. The second kappa shape index (κ2) is 7.19. The van der Waals surface area contributed by atoms with E-state index in [9.17, 15) is 9.18 Å². The number of hydrogen-bond donors (Lipinski definition) is 1. The van der Waals surface area contributed by atoms with Crippen LogP contribution >= 0.6 is 0 Å². The van der Waals surface area contributed by atoms with E-state index in [1.54, 1.807) is 42.5 Å². The topological polar surface area (TPSA) is 50.7 Å². The molecule has 1 amide bonds. The molecule has 0 spiro atoms. The Kier molecular flexibility index (Phi) is 5.04. The number of rotatable bonds is 5. The molecule has 0 aliphatic rings. The molecule has 1 N–H and O–H groups in total. The largest absolute Gasteiger partial charge is 0.494 e. The Hall–Kier alpha value is -2.69. The van der Waals surface area contributed by atoms with Crippen molar-refractivity contribution >= 4 is 12.1 Å². The Labute approximate surface area is 122 Å². The van der Waals surface area contributed by atoms with Gasteiger partial charge in [-0.2, -0.15) is 5.10 Å². The van der Waals surface area contributed by atoms with Gasteiger partial charge in [-0.1, -0.05) is 18.2 Å². The Morgan fingerprint density at radius 2 is 1.95 bits per heavy atom. The maximum Gasteiger partial charge on any atom is 0.271 e. The van der Waals surface area contributed by atoms with E-state index < -0.39 is 5.82 Å². The van der Waals surface area contributed by atoms with E-state index in [0.29, 0.717) is 23.5 Å². The molecule has 0 aromatic heterocycles. The lowest BCUT2D eigenvalue weighted by Gasteiger charge is -2.04. The first-order chi connectivity index (χ1) is 10.2. The number of carbonyl (C=O) groups excluding carboxylic acids is 1. The molecule has 0 aliphatic heterocycles. The van der Waals surface area contributed by atoms with Crippen LogP contribution in [-0.4, -0.2) is 18.7 Å². The molecule has 0 saturated carbocycles. The quantitative estimate of drug-likeness (QED) is 0.678. The molecule has 0 fully saturated rings. The lowest BCUT2D eigenvalue weighted by Crippen LogP contribution is -2.17. The molecule has 5 heteroatoms. The van der Waals surface area contributed by atoms with Gasteiger partial charge in [0.1, 0.15) is 11.6 Å². The third kappa shape index (κ3) is 4.14. The van der Waals surface area contributed by atoms with E-state index >= 15 is 0 Å². The Balaban J connectivity index is 1.97. The summed E-state index contributed by atoms with van der Waals surface area (Å²) < 4.78 is 18.6. The number of nitrogens with one attached hydrogen (secondary N) is 1. The van der Waals surface area contributed by atoms with Gasteiger partial charge in [0.15, 0.2) is 0 Å². The Morgan fingerprint density at radius 1 is 1.24 bits per heavy atom. The van der Waals surface area contributed by atoms with Gasteiger partial charge in [0.25, 0.3) is 5.91 Å². The standard InChI is InChI=1S/C16H15FN2O2/c1-2-21-14-9-7-12(8-10-14)16(20)19-18-11-13-5-3-4-6-15(13)17/h3-11H,2H2,1H3,(H,19,20). The van der Waals surface area contributed by atoms with Crippen LogP contribution in [0.25, 0.3) is 0 Å². The van der Waals surface area contributed by atoms with Crippen molar-refractivity contribution in [1.29, 1.82) is 0 Å². The normalized spacial score (nSPS) is 10.6. The summed E-state index contributed by atoms with van der Waals surface area (Å²) in [5.41, 5.74) is 3.11. The van der Waals surface area contributed by atoms with Crippen molar-refractivity contribution < 1.29 is 13.9 Å². The predicted octanol–water partition coefficient (Wildman–Crippen LogP) is 2.99. The molecule has 0 aliphatic carbocycles. The number of ether oxygens (including phenoxy) is 1. The van der Waals surface area contributed by atoms with Crippen LogP contribution in [0.1, 0.15) is 22.8 Å². The molecule has 0 heterocycles. The van der Waals surface area contributed by atoms with E-state index in [4.69, 9.17) is 4.74 Å². The van der Waals surface area contributed by atoms with Crippen LogP contribution in [0.15, 0.2) is 53.6 Å². The first kappa shape index (κ1) is 14.7. The van der Waals surface area contributed by atoms with Crippen LogP contribution in [0.5, 0.6) is 5.75 Å². The van der Waals surface area contributed by atoms with Gasteiger partial charge in [0.05, 0.1) is 12.8 Å². The zero-order chi connectivity index (χ0) is 15.1. The van der Waals surface area contributed by atoms with Crippen molar-refractivity contribution in [2.45, 2.75) is 6.92 Å². The second-order valence-corrected chi connectivity index (χ2v) is 4.18. The summed E-state index contributed by atoms with van der Waals surface area (Å²) in [5.74, 6) is -0.0638. The van der Waals surface area contributed by atoms with Gasteiger partial charge in [0.2, 0.25) is 0 Å². The van der Waals surface area contributed by atoms with Gasteiger partial charge < -0.3 is 4.74 Å². The SMILES string of the molecule is CCOc1ccc(C(=O)NN=Cc2ccccc2F)cc1. The zero-order valence-electron chi connectivity index (χ0n) is 11.5. The molecule has 0 bridgehead atoms. The van der Waals surface area contributed by atoms with Crippen molar-refractivity contribution in [1.82, 2.24) is 5.43 Å². The fourth-order valence-corrected chi connectivity index (χ4v) is 1.67. The predicted molar refractivity (Wildman–Crippen MR) is 79.1 cm³/mol. The van der Waals surface area contributed by atoms with Crippen molar-refractivity contribution in [2.75, 3.05) is 6.61 Å². The highest BCUT2D eigenvalue weighted by Crippen LogP contribution is 2.11. The van der Waals surface area contributed by atoms with Crippen molar-refractivity contribution in [3.05, 3.63) is 65.5 Å². The molecular formula is C16H15FN2O2.